The number of nitrogens with zero attached hydrogens (tertiary/aromatic N) is 1. The zero-order valence-electron chi connectivity index (χ0n) is 11.1. The highest BCUT2D eigenvalue weighted by Gasteiger charge is 2.14. The molecule has 19 heavy (non-hydrogen) atoms. The quantitative estimate of drug-likeness (QED) is 0.837. The third kappa shape index (κ3) is 5.33. The average molecular weight is 278 g/mol. The van der Waals surface area contributed by atoms with Gasteiger partial charge in [-0.3, -0.25) is 4.79 Å². The number of carbonyl (C=O) groups excluding carboxylic acids is 1. The van der Waals surface area contributed by atoms with Gasteiger partial charge in [0.1, 0.15) is 0 Å². The molecule has 0 spiro atoms. The average Bonchev–Trinajstić information content (AvgIpc) is 2.44. The zero-order chi connectivity index (χ0) is 14.3. The lowest BCUT2D eigenvalue weighted by Gasteiger charge is -2.14. The minimum Gasteiger partial charge on any atom is -0.396 e. The van der Waals surface area contributed by atoms with Crippen LogP contribution in [0.1, 0.15) is 19.4 Å². The van der Waals surface area contributed by atoms with Crippen LogP contribution in [0, 0.1) is 17.2 Å². The van der Waals surface area contributed by atoms with E-state index >= 15 is 0 Å². The Morgan fingerprint density at radius 1 is 1.42 bits per heavy atom. The second-order valence-corrected chi connectivity index (χ2v) is 5.82. The van der Waals surface area contributed by atoms with Crippen molar-refractivity contribution in [2.24, 2.45) is 5.92 Å². The molecule has 0 heterocycles. The van der Waals surface area contributed by atoms with Crippen molar-refractivity contribution < 1.29 is 9.90 Å². The lowest BCUT2D eigenvalue weighted by atomic mass is 10.2. The third-order valence-corrected chi connectivity index (χ3v) is 4.07. The molecule has 0 aromatic heterocycles. The number of amides is 1. The normalized spacial score (nSPS) is 13.4. The van der Waals surface area contributed by atoms with Gasteiger partial charge in [-0.05, 0) is 42.9 Å². The molecule has 2 unspecified atom stereocenters. The van der Waals surface area contributed by atoms with Crippen molar-refractivity contribution in [3.8, 4) is 6.07 Å². The summed E-state index contributed by atoms with van der Waals surface area (Å²) in [5, 5.41) is 20.2. The number of carbonyl (C=O) groups is 1. The molecule has 0 aliphatic rings. The summed E-state index contributed by atoms with van der Waals surface area (Å²) in [6.07, 6.45) is 0. The molecule has 0 aliphatic heterocycles. The van der Waals surface area contributed by atoms with Crippen molar-refractivity contribution in [2.75, 3.05) is 17.7 Å². The second kappa shape index (κ2) is 7.82. The van der Waals surface area contributed by atoms with Gasteiger partial charge in [-0.15, -0.1) is 11.8 Å². The SMILES string of the molecule is CC(CO)CSC(C)C(=O)Nc1ccc(C#N)cc1. The first-order valence-corrected chi connectivity index (χ1v) is 7.15. The maximum Gasteiger partial charge on any atom is 0.237 e. The number of nitrogens with one attached hydrogen (secondary N) is 1. The van der Waals surface area contributed by atoms with E-state index in [1.165, 1.54) is 11.8 Å². The van der Waals surface area contributed by atoms with Crippen LogP contribution in [-0.2, 0) is 4.79 Å². The van der Waals surface area contributed by atoms with Gasteiger partial charge < -0.3 is 10.4 Å². The highest BCUT2D eigenvalue weighted by Crippen LogP contribution is 2.17. The molecule has 4 nitrogen and oxygen atoms in total. The highest BCUT2D eigenvalue weighted by molar-refractivity contribution is 8.00. The van der Waals surface area contributed by atoms with Gasteiger partial charge in [0.15, 0.2) is 0 Å². The summed E-state index contributed by atoms with van der Waals surface area (Å²) in [6, 6.07) is 8.79. The van der Waals surface area contributed by atoms with E-state index in [-0.39, 0.29) is 23.7 Å². The minimum atomic E-state index is -0.176. The van der Waals surface area contributed by atoms with Crippen molar-refractivity contribution in [3.05, 3.63) is 29.8 Å². The Balaban J connectivity index is 2.47. The van der Waals surface area contributed by atoms with E-state index in [1.807, 2.05) is 19.9 Å². The van der Waals surface area contributed by atoms with Crippen molar-refractivity contribution >= 4 is 23.4 Å². The number of nitriles is 1. The molecule has 5 heteroatoms. The van der Waals surface area contributed by atoms with Crippen LogP contribution in [0.3, 0.4) is 0 Å². The Kier molecular flexibility index (Phi) is 6.40. The topological polar surface area (TPSA) is 73.1 Å². The molecule has 0 aliphatic carbocycles. The fourth-order valence-corrected chi connectivity index (χ4v) is 2.24. The summed E-state index contributed by atoms with van der Waals surface area (Å²) >= 11 is 1.52. The van der Waals surface area contributed by atoms with E-state index < -0.39 is 0 Å². The van der Waals surface area contributed by atoms with Crippen LogP contribution in [0.2, 0.25) is 0 Å². The Hall–Kier alpha value is -1.51. The number of anilines is 1. The first-order valence-electron chi connectivity index (χ1n) is 6.10. The third-order valence-electron chi connectivity index (χ3n) is 2.59. The number of thioether (sulfide) groups is 1. The fraction of sp³-hybridized carbons (Fsp3) is 0.429. The van der Waals surface area contributed by atoms with Crippen molar-refractivity contribution in [2.45, 2.75) is 19.1 Å². The van der Waals surface area contributed by atoms with E-state index in [1.54, 1.807) is 24.3 Å². The van der Waals surface area contributed by atoms with E-state index in [0.717, 1.165) is 5.75 Å². The van der Waals surface area contributed by atoms with Crippen LogP contribution in [0.5, 0.6) is 0 Å². The van der Waals surface area contributed by atoms with Crippen LogP contribution in [0.4, 0.5) is 5.69 Å². The molecule has 2 atom stereocenters. The van der Waals surface area contributed by atoms with Crippen LogP contribution >= 0.6 is 11.8 Å². The molecule has 102 valence electrons. The van der Waals surface area contributed by atoms with Gasteiger partial charge in [-0.25, -0.2) is 0 Å². The Bertz CT molecular complexity index is 454. The van der Waals surface area contributed by atoms with Gasteiger partial charge in [0.05, 0.1) is 16.9 Å². The van der Waals surface area contributed by atoms with Crippen LogP contribution in [0.15, 0.2) is 24.3 Å². The van der Waals surface area contributed by atoms with Crippen LogP contribution in [0.25, 0.3) is 0 Å². The van der Waals surface area contributed by atoms with Crippen LogP contribution in [-0.4, -0.2) is 28.6 Å². The molecular formula is C14H18N2O2S. The van der Waals surface area contributed by atoms with Crippen molar-refractivity contribution in [1.29, 1.82) is 5.26 Å². The van der Waals surface area contributed by atoms with E-state index in [0.29, 0.717) is 11.3 Å². The molecule has 1 aromatic carbocycles. The minimum absolute atomic E-state index is 0.0696. The number of rotatable bonds is 6. The molecule has 1 rings (SSSR count). The monoisotopic (exact) mass is 278 g/mol. The predicted molar refractivity (Wildman–Crippen MR) is 78.0 cm³/mol. The molecule has 0 saturated heterocycles. The molecular weight excluding hydrogens is 260 g/mol. The van der Waals surface area contributed by atoms with E-state index in [2.05, 4.69) is 5.32 Å². The molecule has 0 fully saturated rings. The molecule has 0 radical (unpaired) electrons. The van der Waals surface area contributed by atoms with Gasteiger partial charge in [0, 0.05) is 12.3 Å². The number of benzene rings is 1. The van der Waals surface area contributed by atoms with E-state index in [4.69, 9.17) is 10.4 Å². The number of hydrogen-bond acceptors (Lipinski definition) is 4. The standard InChI is InChI=1S/C14H18N2O2S/c1-10(8-17)9-19-11(2)14(18)16-13-5-3-12(7-15)4-6-13/h3-6,10-11,17H,8-9H2,1-2H3,(H,16,18). The van der Waals surface area contributed by atoms with Gasteiger partial charge in [0.2, 0.25) is 5.91 Å². The summed E-state index contributed by atoms with van der Waals surface area (Å²) in [7, 11) is 0. The maximum atomic E-state index is 11.9. The van der Waals surface area contributed by atoms with Gasteiger partial charge in [0.25, 0.3) is 0 Å². The van der Waals surface area contributed by atoms with Crippen LogP contribution < -0.4 is 5.32 Å². The van der Waals surface area contributed by atoms with Gasteiger partial charge in [-0.2, -0.15) is 5.26 Å². The Labute approximate surface area is 117 Å². The fourth-order valence-electron chi connectivity index (χ4n) is 1.31. The molecule has 1 amide bonds. The summed E-state index contributed by atoms with van der Waals surface area (Å²) in [5.41, 5.74) is 1.25. The summed E-state index contributed by atoms with van der Waals surface area (Å²) in [6.45, 7) is 3.92. The first kappa shape index (κ1) is 15.5. The Morgan fingerprint density at radius 2 is 2.05 bits per heavy atom. The maximum absolute atomic E-state index is 11.9. The van der Waals surface area contributed by atoms with Gasteiger partial charge in [-0.1, -0.05) is 6.92 Å². The number of hydrogen-bond donors (Lipinski definition) is 2. The summed E-state index contributed by atoms with van der Waals surface area (Å²) in [5.74, 6) is 0.869. The predicted octanol–water partition coefficient (Wildman–Crippen LogP) is 2.25. The first-order chi connectivity index (χ1) is 9.06. The number of aliphatic hydroxyl groups excluding tert-OH is 1. The van der Waals surface area contributed by atoms with Crippen molar-refractivity contribution in [1.82, 2.24) is 0 Å². The lowest BCUT2D eigenvalue weighted by Crippen LogP contribution is -2.23. The van der Waals surface area contributed by atoms with E-state index in [9.17, 15) is 4.79 Å². The zero-order valence-corrected chi connectivity index (χ0v) is 11.9. The molecule has 1 aromatic rings. The van der Waals surface area contributed by atoms with Crippen molar-refractivity contribution in [3.63, 3.8) is 0 Å². The van der Waals surface area contributed by atoms with Gasteiger partial charge >= 0.3 is 0 Å². The molecule has 0 saturated carbocycles. The Morgan fingerprint density at radius 3 is 2.58 bits per heavy atom. The smallest absolute Gasteiger partial charge is 0.237 e. The summed E-state index contributed by atoms with van der Waals surface area (Å²) in [4.78, 5) is 11.9. The highest BCUT2D eigenvalue weighted by atomic mass is 32.2. The molecule has 2 N–H and O–H groups in total. The largest absolute Gasteiger partial charge is 0.396 e. The number of aliphatic hydroxyl groups is 1. The lowest BCUT2D eigenvalue weighted by molar-refractivity contribution is -0.115. The summed E-state index contributed by atoms with van der Waals surface area (Å²) < 4.78 is 0. The second-order valence-electron chi connectivity index (χ2n) is 4.44. The molecule has 0 bridgehead atoms.